The number of amides is 1. The zero-order chi connectivity index (χ0) is 22.7. The van der Waals surface area contributed by atoms with E-state index < -0.39 is 21.9 Å². The molecule has 168 valence electrons. The van der Waals surface area contributed by atoms with Gasteiger partial charge in [-0.1, -0.05) is 12.1 Å². The molecule has 1 heterocycles. The van der Waals surface area contributed by atoms with Crippen molar-refractivity contribution in [1.29, 1.82) is 0 Å². The number of esters is 1. The van der Waals surface area contributed by atoms with E-state index in [4.69, 9.17) is 14.3 Å². The second-order valence-corrected chi connectivity index (χ2v) is 9.42. The molecule has 1 aromatic heterocycles. The van der Waals surface area contributed by atoms with Gasteiger partial charge in [0, 0.05) is 17.5 Å². The van der Waals surface area contributed by atoms with Crippen LogP contribution in [0, 0.1) is 0 Å². The Bertz CT molecular complexity index is 1260. The number of benzene rings is 2. The van der Waals surface area contributed by atoms with Gasteiger partial charge in [-0.2, -0.15) is 0 Å². The van der Waals surface area contributed by atoms with E-state index in [2.05, 4.69) is 11.4 Å². The normalized spacial score (nSPS) is 13.2. The SMILES string of the molecule is NS(=O)(=O)c1ccc(CCNC(=O)COC(=O)Cc2coc3cc4c(cc23)CCC4)cc1. The van der Waals surface area contributed by atoms with Gasteiger partial charge in [-0.3, -0.25) is 9.59 Å². The highest BCUT2D eigenvalue weighted by Gasteiger charge is 2.17. The molecule has 1 aliphatic carbocycles. The molecule has 4 rings (SSSR count). The predicted octanol–water partition coefficient (Wildman–Crippen LogP) is 2.01. The molecule has 8 nitrogen and oxygen atoms in total. The van der Waals surface area contributed by atoms with Crippen LogP contribution in [0.1, 0.15) is 28.7 Å². The zero-order valence-corrected chi connectivity index (χ0v) is 18.2. The topological polar surface area (TPSA) is 129 Å². The van der Waals surface area contributed by atoms with Gasteiger partial charge >= 0.3 is 5.97 Å². The average molecular weight is 457 g/mol. The van der Waals surface area contributed by atoms with Crippen LogP contribution in [0.4, 0.5) is 0 Å². The van der Waals surface area contributed by atoms with Gasteiger partial charge in [0.1, 0.15) is 5.58 Å². The minimum Gasteiger partial charge on any atom is -0.464 e. The van der Waals surface area contributed by atoms with Crippen LogP contribution >= 0.6 is 0 Å². The van der Waals surface area contributed by atoms with Crippen molar-refractivity contribution in [2.45, 2.75) is 37.0 Å². The number of nitrogens with one attached hydrogen (secondary N) is 1. The number of rotatable bonds is 8. The van der Waals surface area contributed by atoms with Gasteiger partial charge in [-0.25, -0.2) is 13.6 Å². The molecule has 0 atom stereocenters. The van der Waals surface area contributed by atoms with Crippen LogP contribution in [-0.4, -0.2) is 33.4 Å². The number of carbonyl (C=O) groups excluding carboxylic acids is 2. The van der Waals surface area contributed by atoms with Crippen molar-refractivity contribution in [3.05, 3.63) is 64.9 Å². The summed E-state index contributed by atoms with van der Waals surface area (Å²) < 4.78 is 33.2. The molecule has 0 saturated carbocycles. The van der Waals surface area contributed by atoms with Crippen molar-refractivity contribution >= 4 is 32.9 Å². The van der Waals surface area contributed by atoms with Crippen LogP contribution in [0.15, 0.2) is 52.0 Å². The zero-order valence-electron chi connectivity index (χ0n) is 17.4. The Hall–Kier alpha value is -3.17. The second-order valence-electron chi connectivity index (χ2n) is 7.86. The van der Waals surface area contributed by atoms with E-state index in [0.717, 1.165) is 41.4 Å². The smallest absolute Gasteiger partial charge is 0.310 e. The van der Waals surface area contributed by atoms with Crippen LogP contribution in [0.3, 0.4) is 0 Å². The molecule has 0 spiro atoms. The molecule has 0 fully saturated rings. The number of aryl methyl sites for hydroxylation is 2. The van der Waals surface area contributed by atoms with Crippen molar-refractivity contribution in [2.24, 2.45) is 5.14 Å². The maximum Gasteiger partial charge on any atom is 0.310 e. The first-order valence-corrected chi connectivity index (χ1v) is 11.9. The predicted molar refractivity (Wildman–Crippen MR) is 117 cm³/mol. The van der Waals surface area contributed by atoms with Crippen molar-refractivity contribution in [1.82, 2.24) is 5.32 Å². The highest BCUT2D eigenvalue weighted by atomic mass is 32.2. The first-order valence-electron chi connectivity index (χ1n) is 10.4. The maximum atomic E-state index is 12.2. The third kappa shape index (κ3) is 5.17. The summed E-state index contributed by atoms with van der Waals surface area (Å²) in [7, 11) is -3.73. The van der Waals surface area contributed by atoms with Gasteiger partial charge in [0.2, 0.25) is 10.0 Å². The summed E-state index contributed by atoms with van der Waals surface area (Å²) in [6.45, 7) is -0.0447. The Kier molecular flexibility index (Phi) is 6.29. The molecule has 1 amide bonds. The second kappa shape index (κ2) is 9.13. The number of ether oxygens (including phenoxy) is 1. The highest BCUT2D eigenvalue weighted by Crippen LogP contribution is 2.30. The van der Waals surface area contributed by atoms with Crippen LogP contribution < -0.4 is 10.5 Å². The minimum atomic E-state index is -3.73. The number of fused-ring (bicyclic) bond motifs is 2. The first-order chi connectivity index (χ1) is 15.3. The summed E-state index contributed by atoms with van der Waals surface area (Å²) in [5.74, 6) is -0.906. The van der Waals surface area contributed by atoms with E-state index in [1.807, 2.05) is 6.07 Å². The first kappa shape index (κ1) is 22.0. The lowest BCUT2D eigenvalue weighted by Crippen LogP contribution is -2.30. The lowest BCUT2D eigenvalue weighted by Gasteiger charge is -2.07. The van der Waals surface area contributed by atoms with E-state index in [1.165, 1.54) is 23.3 Å². The van der Waals surface area contributed by atoms with Crippen molar-refractivity contribution in [3.8, 4) is 0 Å². The Morgan fingerprint density at radius 3 is 2.53 bits per heavy atom. The fourth-order valence-corrected chi connectivity index (χ4v) is 4.40. The third-order valence-electron chi connectivity index (χ3n) is 5.55. The van der Waals surface area contributed by atoms with Crippen LogP contribution in [0.25, 0.3) is 11.0 Å². The van der Waals surface area contributed by atoms with Crippen LogP contribution in [0.2, 0.25) is 0 Å². The van der Waals surface area contributed by atoms with Gasteiger partial charge < -0.3 is 14.5 Å². The molecule has 9 heteroatoms. The minimum absolute atomic E-state index is 0.0342. The third-order valence-corrected chi connectivity index (χ3v) is 6.48. The molecular formula is C23H24N2O6S. The number of hydrogen-bond acceptors (Lipinski definition) is 6. The lowest BCUT2D eigenvalue weighted by atomic mass is 10.0. The van der Waals surface area contributed by atoms with Crippen LogP contribution in [0.5, 0.6) is 0 Å². The molecule has 3 N–H and O–H groups in total. The number of furan rings is 1. The number of nitrogens with two attached hydrogens (primary N) is 1. The van der Waals surface area contributed by atoms with Crippen molar-refractivity contribution in [2.75, 3.05) is 13.2 Å². The summed E-state index contributed by atoms with van der Waals surface area (Å²) in [6.07, 6.45) is 5.33. The lowest BCUT2D eigenvalue weighted by molar-refractivity contribution is -0.147. The fraction of sp³-hybridized carbons (Fsp3) is 0.304. The number of carbonyl (C=O) groups is 2. The standard InChI is InChI=1S/C23H24N2O6S/c24-32(28,29)19-6-4-15(5-7-19)8-9-25-22(26)14-31-23(27)12-18-13-30-21-11-17-3-1-2-16(17)10-20(18)21/h4-7,10-11,13H,1-3,8-9,12,14H2,(H,25,26)(H2,24,28,29). The molecular weight excluding hydrogens is 432 g/mol. The molecule has 3 aromatic rings. The van der Waals surface area contributed by atoms with Gasteiger partial charge in [0.25, 0.3) is 5.91 Å². The Labute approximate surface area is 185 Å². The van der Waals surface area contributed by atoms with E-state index >= 15 is 0 Å². The molecule has 32 heavy (non-hydrogen) atoms. The number of hydrogen-bond donors (Lipinski definition) is 2. The molecule has 0 saturated heterocycles. The fourth-order valence-electron chi connectivity index (χ4n) is 3.88. The van der Waals surface area contributed by atoms with E-state index in [-0.39, 0.29) is 17.9 Å². The summed E-state index contributed by atoms with van der Waals surface area (Å²) in [6, 6.07) is 10.2. The Morgan fingerprint density at radius 2 is 1.81 bits per heavy atom. The molecule has 0 bridgehead atoms. The summed E-state index contributed by atoms with van der Waals surface area (Å²) >= 11 is 0. The van der Waals surface area contributed by atoms with Crippen molar-refractivity contribution in [3.63, 3.8) is 0 Å². The van der Waals surface area contributed by atoms with E-state index in [1.54, 1.807) is 18.4 Å². The number of primary sulfonamides is 1. The van der Waals surface area contributed by atoms with Gasteiger partial charge in [0.05, 0.1) is 17.6 Å². The summed E-state index contributed by atoms with van der Waals surface area (Å²) in [5, 5.41) is 8.65. The van der Waals surface area contributed by atoms with E-state index in [9.17, 15) is 18.0 Å². The summed E-state index contributed by atoms with van der Waals surface area (Å²) in [5.41, 5.74) is 4.96. The Morgan fingerprint density at radius 1 is 1.09 bits per heavy atom. The van der Waals surface area contributed by atoms with Crippen LogP contribution in [-0.2, 0) is 50.0 Å². The quantitative estimate of drug-likeness (QED) is 0.499. The molecule has 0 unspecified atom stereocenters. The Balaban J connectivity index is 1.22. The number of sulfonamides is 1. The van der Waals surface area contributed by atoms with Gasteiger partial charge in [-0.15, -0.1) is 0 Å². The molecule has 0 aliphatic heterocycles. The molecule has 1 aliphatic rings. The van der Waals surface area contributed by atoms with Gasteiger partial charge in [-0.05, 0) is 66.6 Å². The average Bonchev–Trinajstić information content (AvgIpc) is 3.37. The summed E-state index contributed by atoms with van der Waals surface area (Å²) in [4.78, 5) is 24.2. The molecule has 2 aromatic carbocycles. The van der Waals surface area contributed by atoms with Gasteiger partial charge in [0.15, 0.2) is 6.61 Å². The van der Waals surface area contributed by atoms with Crippen molar-refractivity contribution < 1.29 is 27.2 Å². The molecule has 0 radical (unpaired) electrons. The maximum absolute atomic E-state index is 12.2. The van der Waals surface area contributed by atoms with E-state index in [0.29, 0.717) is 13.0 Å². The largest absolute Gasteiger partial charge is 0.464 e. The highest BCUT2D eigenvalue weighted by molar-refractivity contribution is 7.89. The monoisotopic (exact) mass is 456 g/mol.